The molecule has 2 heterocycles. The lowest BCUT2D eigenvalue weighted by molar-refractivity contribution is -0.401. The normalized spacial score (nSPS) is 20.1. The van der Waals surface area contributed by atoms with Crippen LogP contribution in [0.3, 0.4) is 0 Å². The third-order valence-corrected chi connectivity index (χ3v) is 6.90. The van der Waals surface area contributed by atoms with Crippen molar-refractivity contribution in [3.05, 3.63) is 77.5 Å². The molecule has 162 valence electrons. The monoisotopic (exact) mass is 416 g/mol. The van der Waals surface area contributed by atoms with Crippen LogP contribution in [0.25, 0.3) is 0 Å². The van der Waals surface area contributed by atoms with E-state index in [1.807, 2.05) is 6.07 Å². The number of aliphatic hydroxyl groups excluding tert-OH is 1. The number of anilines is 2. The molecule has 2 aliphatic rings. The molecule has 0 saturated heterocycles. The Balaban J connectivity index is 1.73. The maximum absolute atomic E-state index is 9.44. The number of hydrogen-bond donors (Lipinski definition) is 2. The second-order valence-corrected chi connectivity index (χ2v) is 9.63. The van der Waals surface area contributed by atoms with E-state index in [1.165, 1.54) is 33.9 Å². The molecule has 0 aliphatic carbocycles. The molecule has 0 amide bonds. The molecule has 0 atom stereocenters. The predicted molar refractivity (Wildman–Crippen MR) is 130 cm³/mol. The third-order valence-electron chi connectivity index (χ3n) is 6.90. The molecule has 31 heavy (non-hydrogen) atoms. The fourth-order valence-corrected chi connectivity index (χ4v) is 5.19. The van der Waals surface area contributed by atoms with Crippen molar-refractivity contribution in [2.24, 2.45) is 0 Å². The van der Waals surface area contributed by atoms with Gasteiger partial charge < -0.3 is 15.7 Å². The van der Waals surface area contributed by atoms with Crippen molar-refractivity contribution in [3.8, 4) is 0 Å². The smallest absolute Gasteiger partial charge is 0.209 e. The number of rotatable bonds is 5. The standard InChI is InChI=1S/C27H34N3O/c1-26(2)20-10-6-7-11-22(20)29(5)24(26)12-8-13-25-27(3,4)21-18-19(28)14-15-23(21)30(25)16-9-17-31/h6-8,10-15,18,31H,9,16-17,28H2,1-5H3/q+1. The van der Waals surface area contributed by atoms with Crippen molar-refractivity contribution >= 4 is 22.8 Å². The van der Waals surface area contributed by atoms with Crippen LogP contribution in [0.4, 0.5) is 17.1 Å². The Labute approximate surface area is 186 Å². The van der Waals surface area contributed by atoms with E-state index in [4.69, 9.17) is 5.73 Å². The van der Waals surface area contributed by atoms with Crippen LogP contribution in [0.5, 0.6) is 0 Å². The molecular formula is C27H34N3O+. The zero-order chi connectivity index (χ0) is 22.4. The number of benzene rings is 2. The van der Waals surface area contributed by atoms with Gasteiger partial charge in [0.25, 0.3) is 0 Å². The lowest BCUT2D eigenvalue weighted by Crippen LogP contribution is -2.28. The summed E-state index contributed by atoms with van der Waals surface area (Å²) < 4.78 is 2.29. The molecule has 0 unspecified atom stereocenters. The second-order valence-electron chi connectivity index (χ2n) is 9.63. The van der Waals surface area contributed by atoms with Gasteiger partial charge >= 0.3 is 0 Å². The van der Waals surface area contributed by atoms with Crippen molar-refractivity contribution in [2.75, 3.05) is 30.8 Å². The third kappa shape index (κ3) is 3.39. The summed E-state index contributed by atoms with van der Waals surface area (Å²) in [4.78, 5) is 2.33. The first-order valence-corrected chi connectivity index (χ1v) is 11.1. The van der Waals surface area contributed by atoms with Crippen LogP contribution in [0, 0.1) is 0 Å². The van der Waals surface area contributed by atoms with E-state index < -0.39 is 0 Å². The molecule has 2 aliphatic heterocycles. The maximum Gasteiger partial charge on any atom is 0.209 e. The summed E-state index contributed by atoms with van der Waals surface area (Å²) in [5, 5.41) is 9.44. The van der Waals surface area contributed by atoms with Crippen molar-refractivity contribution < 1.29 is 9.68 Å². The molecule has 2 aromatic rings. The number of aliphatic hydroxyl groups is 1. The number of nitrogen functional groups attached to an aromatic ring is 1. The molecule has 4 heteroatoms. The first kappa shape index (κ1) is 21.4. The number of allylic oxidation sites excluding steroid dienone is 4. The van der Waals surface area contributed by atoms with Crippen LogP contribution in [-0.4, -0.2) is 35.6 Å². The number of hydrogen-bond acceptors (Lipinski definition) is 3. The van der Waals surface area contributed by atoms with Crippen molar-refractivity contribution in [1.29, 1.82) is 0 Å². The summed E-state index contributed by atoms with van der Waals surface area (Å²) >= 11 is 0. The fraction of sp³-hybridized carbons (Fsp3) is 0.370. The Bertz CT molecular complexity index is 1110. The van der Waals surface area contributed by atoms with E-state index in [1.54, 1.807) is 0 Å². The SMILES string of the molecule is C[N+]1=C(C=CC=C2N(CCCO)c3ccc(N)cc3C2(C)C)C(C)(C)c2ccccc21. The van der Waals surface area contributed by atoms with Crippen LogP contribution < -0.4 is 10.6 Å². The van der Waals surface area contributed by atoms with Gasteiger partial charge in [0.05, 0.1) is 5.41 Å². The average Bonchev–Trinajstić information content (AvgIpc) is 3.06. The number of fused-ring (bicyclic) bond motifs is 2. The van der Waals surface area contributed by atoms with Gasteiger partial charge in [0.15, 0.2) is 5.71 Å². The highest BCUT2D eigenvalue weighted by Gasteiger charge is 2.43. The highest BCUT2D eigenvalue weighted by atomic mass is 16.3. The zero-order valence-electron chi connectivity index (χ0n) is 19.3. The van der Waals surface area contributed by atoms with E-state index in [2.05, 4.69) is 98.8 Å². The molecule has 4 rings (SSSR count). The first-order chi connectivity index (χ1) is 14.7. The fourth-order valence-electron chi connectivity index (χ4n) is 5.19. The Kier molecular flexibility index (Phi) is 5.30. The second kappa shape index (κ2) is 7.69. The minimum atomic E-state index is -0.158. The molecule has 0 bridgehead atoms. The van der Waals surface area contributed by atoms with Crippen LogP contribution in [0.15, 0.2) is 66.4 Å². The number of nitrogens with two attached hydrogens (primary N) is 1. The van der Waals surface area contributed by atoms with Gasteiger partial charge in [-0.1, -0.05) is 38.1 Å². The maximum atomic E-state index is 9.44. The number of para-hydroxylation sites is 1. The Morgan fingerprint density at radius 2 is 1.77 bits per heavy atom. The summed E-state index contributed by atoms with van der Waals surface area (Å²) in [5.41, 5.74) is 14.3. The van der Waals surface area contributed by atoms with Gasteiger partial charge in [-0.15, -0.1) is 0 Å². The summed E-state index contributed by atoms with van der Waals surface area (Å²) in [7, 11) is 2.14. The molecule has 0 saturated carbocycles. The molecule has 0 spiro atoms. The predicted octanol–water partition coefficient (Wildman–Crippen LogP) is 4.90. The zero-order valence-corrected chi connectivity index (χ0v) is 19.3. The van der Waals surface area contributed by atoms with Crippen molar-refractivity contribution in [1.82, 2.24) is 0 Å². The highest BCUT2D eigenvalue weighted by molar-refractivity contribution is 6.03. The summed E-state index contributed by atoms with van der Waals surface area (Å²) in [6.45, 7) is 10.0. The molecule has 2 aromatic carbocycles. The van der Waals surface area contributed by atoms with Gasteiger partial charge in [-0.2, -0.15) is 4.58 Å². The summed E-state index contributed by atoms with van der Waals surface area (Å²) in [6, 6.07) is 14.8. The molecule has 0 aromatic heterocycles. The van der Waals surface area contributed by atoms with Gasteiger partial charge in [0.1, 0.15) is 7.05 Å². The molecular weight excluding hydrogens is 382 g/mol. The molecule has 0 fully saturated rings. The van der Waals surface area contributed by atoms with Crippen LogP contribution in [0.2, 0.25) is 0 Å². The van der Waals surface area contributed by atoms with Crippen LogP contribution in [0.1, 0.15) is 45.2 Å². The van der Waals surface area contributed by atoms with E-state index in [9.17, 15) is 5.11 Å². The first-order valence-electron chi connectivity index (χ1n) is 11.1. The van der Waals surface area contributed by atoms with Gasteiger partial charge in [0, 0.05) is 53.3 Å². The Morgan fingerprint density at radius 3 is 2.48 bits per heavy atom. The number of nitrogens with zero attached hydrogens (tertiary/aromatic N) is 2. The largest absolute Gasteiger partial charge is 0.399 e. The van der Waals surface area contributed by atoms with Crippen molar-refractivity contribution in [2.45, 2.75) is 44.9 Å². The molecule has 0 radical (unpaired) electrons. The average molecular weight is 417 g/mol. The lowest BCUT2D eigenvalue weighted by atomic mass is 9.81. The summed E-state index contributed by atoms with van der Waals surface area (Å²) in [6.07, 6.45) is 7.37. The highest BCUT2D eigenvalue weighted by Crippen LogP contribution is 2.48. The van der Waals surface area contributed by atoms with Gasteiger partial charge in [-0.3, -0.25) is 0 Å². The van der Waals surface area contributed by atoms with Gasteiger partial charge in [-0.25, -0.2) is 0 Å². The topological polar surface area (TPSA) is 52.5 Å². The van der Waals surface area contributed by atoms with Gasteiger partial charge in [-0.05, 0) is 50.1 Å². The minimum Gasteiger partial charge on any atom is -0.399 e. The summed E-state index contributed by atoms with van der Waals surface area (Å²) in [5.74, 6) is 0. The van der Waals surface area contributed by atoms with E-state index >= 15 is 0 Å². The molecule has 4 nitrogen and oxygen atoms in total. The minimum absolute atomic E-state index is 0.0421. The molecule has 3 N–H and O–H groups in total. The van der Waals surface area contributed by atoms with Gasteiger partial charge in [0.2, 0.25) is 5.69 Å². The van der Waals surface area contributed by atoms with E-state index in [-0.39, 0.29) is 17.4 Å². The lowest BCUT2D eigenvalue weighted by Gasteiger charge is -2.26. The van der Waals surface area contributed by atoms with Crippen molar-refractivity contribution in [3.63, 3.8) is 0 Å². The van der Waals surface area contributed by atoms with Crippen LogP contribution >= 0.6 is 0 Å². The Hall–Kier alpha value is -2.85. The van der Waals surface area contributed by atoms with E-state index in [0.717, 1.165) is 18.7 Å². The van der Waals surface area contributed by atoms with E-state index in [0.29, 0.717) is 0 Å². The quantitative estimate of drug-likeness (QED) is 0.539. The Morgan fingerprint density at radius 1 is 1.03 bits per heavy atom. The van der Waals surface area contributed by atoms with Crippen LogP contribution in [-0.2, 0) is 10.8 Å².